The van der Waals surface area contributed by atoms with Crippen molar-refractivity contribution in [3.63, 3.8) is 0 Å². The maximum atomic E-state index is 12.4. The van der Waals surface area contributed by atoms with Crippen molar-refractivity contribution in [2.75, 3.05) is 31.1 Å². The van der Waals surface area contributed by atoms with Gasteiger partial charge in [-0.3, -0.25) is 0 Å². The zero-order valence-corrected chi connectivity index (χ0v) is 14.6. The average Bonchev–Trinajstić information content (AvgIpc) is 3.10. The molecule has 2 aromatic heterocycles. The number of hydrogen-bond acceptors (Lipinski definition) is 5. The zero-order valence-electron chi connectivity index (χ0n) is 13.8. The van der Waals surface area contributed by atoms with Crippen LogP contribution in [-0.4, -0.2) is 47.1 Å². The molecule has 1 aliphatic heterocycles. The summed E-state index contributed by atoms with van der Waals surface area (Å²) in [5, 5.41) is 3.92. The Morgan fingerprint density at radius 3 is 2.64 bits per heavy atom. The third-order valence-electron chi connectivity index (χ3n) is 4.27. The first-order valence-corrected chi connectivity index (χ1v) is 9.14. The number of thiazole rings is 1. The van der Waals surface area contributed by atoms with Gasteiger partial charge in [0, 0.05) is 32.4 Å². The monoisotopic (exact) mass is 353 g/mol. The summed E-state index contributed by atoms with van der Waals surface area (Å²) in [7, 11) is 0. The first-order chi connectivity index (χ1) is 12.3. The van der Waals surface area contributed by atoms with Gasteiger partial charge in [0.05, 0.1) is 16.8 Å². The molecule has 0 saturated carbocycles. The van der Waals surface area contributed by atoms with Crippen LogP contribution in [0.2, 0.25) is 0 Å². The van der Waals surface area contributed by atoms with Gasteiger partial charge in [0.25, 0.3) is 0 Å². The van der Waals surface area contributed by atoms with Crippen LogP contribution in [0, 0.1) is 0 Å². The van der Waals surface area contributed by atoms with Crippen molar-refractivity contribution in [3.05, 3.63) is 53.7 Å². The molecular weight excluding hydrogens is 334 g/mol. The number of benzene rings is 1. The van der Waals surface area contributed by atoms with E-state index in [0.29, 0.717) is 19.6 Å². The number of piperazine rings is 1. The third kappa shape index (κ3) is 3.56. The number of urea groups is 1. The Hall–Kier alpha value is -2.67. The summed E-state index contributed by atoms with van der Waals surface area (Å²) in [5.74, 6) is 0.969. The summed E-state index contributed by atoms with van der Waals surface area (Å²) >= 11 is 1.62. The lowest BCUT2D eigenvalue weighted by molar-refractivity contribution is 0.194. The Balaban J connectivity index is 1.30. The molecule has 7 heteroatoms. The Morgan fingerprint density at radius 2 is 1.88 bits per heavy atom. The SMILES string of the molecule is O=C(NCc1nc2ccccc2s1)N1CCN(c2ccccn2)CC1. The van der Waals surface area contributed by atoms with Gasteiger partial charge in [-0.25, -0.2) is 14.8 Å². The quantitative estimate of drug-likeness (QED) is 0.786. The number of nitrogens with one attached hydrogen (secondary N) is 1. The fourth-order valence-electron chi connectivity index (χ4n) is 2.94. The highest BCUT2D eigenvalue weighted by atomic mass is 32.1. The molecule has 1 fully saturated rings. The third-order valence-corrected chi connectivity index (χ3v) is 5.31. The van der Waals surface area contributed by atoms with E-state index in [4.69, 9.17) is 0 Å². The van der Waals surface area contributed by atoms with Crippen LogP contribution in [0.3, 0.4) is 0 Å². The fraction of sp³-hybridized carbons (Fsp3) is 0.278. The second-order valence-corrected chi connectivity index (χ2v) is 7.01. The summed E-state index contributed by atoms with van der Waals surface area (Å²) in [5.41, 5.74) is 0.987. The minimum Gasteiger partial charge on any atom is -0.353 e. The molecule has 1 saturated heterocycles. The smallest absolute Gasteiger partial charge is 0.317 e. The molecule has 0 spiro atoms. The van der Waals surface area contributed by atoms with E-state index >= 15 is 0 Å². The predicted molar refractivity (Wildman–Crippen MR) is 99.9 cm³/mol. The van der Waals surface area contributed by atoms with E-state index in [1.807, 2.05) is 41.3 Å². The number of para-hydroxylation sites is 1. The molecule has 6 nitrogen and oxygen atoms in total. The van der Waals surface area contributed by atoms with Gasteiger partial charge in [-0.15, -0.1) is 11.3 Å². The molecule has 0 bridgehead atoms. The van der Waals surface area contributed by atoms with Crippen LogP contribution in [0.4, 0.5) is 10.6 Å². The number of aromatic nitrogens is 2. The number of carbonyl (C=O) groups excluding carboxylic acids is 1. The number of pyridine rings is 1. The maximum absolute atomic E-state index is 12.4. The maximum Gasteiger partial charge on any atom is 0.317 e. The number of nitrogens with zero attached hydrogens (tertiary/aromatic N) is 4. The summed E-state index contributed by atoms with van der Waals surface area (Å²) in [4.78, 5) is 25.4. The van der Waals surface area contributed by atoms with Crippen LogP contribution in [0.1, 0.15) is 5.01 Å². The zero-order chi connectivity index (χ0) is 17.1. The molecule has 0 atom stereocenters. The molecule has 1 N–H and O–H groups in total. The minimum atomic E-state index is -0.0278. The van der Waals surface area contributed by atoms with Gasteiger partial charge in [-0.05, 0) is 24.3 Å². The van der Waals surface area contributed by atoms with Crippen molar-refractivity contribution in [2.45, 2.75) is 6.54 Å². The Kier molecular flexibility index (Phi) is 4.47. The van der Waals surface area contributed by atoms with Crippen molar-refractivity contribution >= 4 is 33.4 Å². The molecule has 3 aromatic rings. The molecule has 25 heavy (non-hydrogen) atoms. The van der Waals surface area contributed by atoms with E-state index in [1.165, 1.54) is 0 Å². The Morgan fingerprint density at radius 1 is 1.08 bits per heavy atom. The fourth-order valence-corrected chi connectivity index (χ4v) is 3.85. The number of rotatable bonds is 3. The molecule has 0 unspecified atom stereocenters. The molecular formula is C18H19N5OS. The first-order valence-electron chi connectivity index (χ1n) is 8.33. The van der Waals surface area contributed by atoms with Crippen LogP contribution in [0.15, 0.2) is 48.7 Å². The summed E-state index contributed by atoms with van der Waals surface area (Å²) in [6.07, 6.45) is 1.80. The number of amides is 2. The highest BCUT2D eigenvalue weighted by molar-refractivity contribution is 7.18. The van der Waals surface area contributed by atoms with Gasteiger partial charge in [0.15, 0.2) is 0 Å². The second-order valence-electron chi connectivity index (χ2n) is 5.90. The average molecular weight is 353 g/mol. The topological polar surface area (TPSA) is 61.4 Å². The largest absolute Gasteiger partial charge is 0.353 e. The molecule has 0 aliphatic carbocycles. The van der Waals surface area contributed by atoms with Crippen molar-refractivity contribution in [3.8, 4) is 0 Å². The number of fused-ring (bicyclic) bond motifs is 1. The van der Waals surface area contributed by atoms with Gasteiger partial charge < -0.3 is 15.1 Å². The van der Waals surface area contributed by atoms with Gasteiger partial charge >= 0.3 is 6.03 Å². The highest BCUT2D eigenvalue weighted by Gasteiger charge is 2.21. The molecule has 0 radical (unpaired) electrons. The molecule has 1 aliphatic rings. The molecule has 4 rings (SSSR count). The van der Waals surface area contributed by atoms with Crippen LogP contribution >= 0.6 is 11.3 Å². The van der Waals surface area contributed by atoms with Crippen molar-refractivity contribution in [1.82, 2.24) is 20.2 Å². The lowest BCUT2D eigenvalue weighted by Crippen LogP contribution is -2.51. The Labute approximate surface area is 150 Å². The molecule has 3 heterocycles. The van der Waals surface area contributed by atoms with Crippen LogP contribution in [-0.2, 0) is 6.54 Å². The molecule has 1 aromatic carbocycles. The lowest BCUT2D eigenvalue weighted by atomic mass is 10.3. The van der Waals surface area contributed by atoms with Crippen LogP contribution in [0.5, 0.6) is 0 Å². The normalized spacial score (nSPS) is 14.7. The van der Waals surface area contributed by atoms with E-state index < -0.39 is 0 Å². The molecule has 2 amide bonds. The van der Waals surface area contributed by atoms with Gasteiger partial charge in [0.1, 0.15) is 10.8 Å². The first kappa shape index (κ1) is 15.8. The minimum absolute atomic E-state index is 0.0278. The van der Waals surface area contributed by atoms with E-state index in [1.54, 1.807) is 17.5 Å². The van der Waals surface area contributed by atoms with Crippen molar-refractivity contribution < 1.29 is 4.79 Å². The Bertz CT molecular complexity index is 825. The molecule has 128 valence electrons. The predicted octanol–water partition coefficient (Wildman–Crippen LogP) is 2.72. The van der Waals surface area contributed by atoms with Gasteiger partial charge in [-0.1, -0.05) is 18.2 Å². The lowest BCUT2D eigenvalue weighted by Gasteiger charge is -2.35. The number of anilines is 1. The van der Waals surface area contributed by atoms with Gasteiger partial charge in [0.2, 0.25) is 0 Å². The van der Waals surface area contributed by atoms with Gasteiger partial charge in [-0.2, -0.15) is 0 Å². The van der Waals surface area contributed by atoms with E-state index in [-0.39, 0.29) is 6.03 Å². The summed E-state index contributed by atoms with van der Waals surface area (Å²) < 4.78 is 1.15. The number of hydrogen-bond donors (Lipinski definition) is 1. The van der Waals surface area contributed by atoms with E-state index in [2.05, 4.69) is 26.3 Å². The number of carbonyl (C=O) groups is 1. The summed E-state index contributed by atoms with van der Waals surface area (Å²) in [6.45, 7) is 3.46. The van der Waals surface area contributed by atoms with Crippen LogP contribution in [0.25, 0.3) is 10.2 Å². The van der Waals surface area contributed by atoms with Crippen molar-refractivity contribution in [2.24, 2.45) is 0 Å². The second kappa shape index (κ2) is 7.06. The summed E-state index contributed by atoms with van der Waals surface area (Å²) in [6, 6.07) is 13.9. The van der Waals surface area contributed by atoms with Crippen LogP contribution < -0.4 is 10.2 Å². The van der Waals surface area contributed by atoms with Crippen molar-refractivity contribution in [1.29, 1.82) is 0 Å². The highest BCUT2D eigenvalue weighted by Crippen LogP contribution is 2.21. The van der Waals surface area contributed by atoms with E-state index in [9.17, 15) is 4.79 Å². The standard InChI is InChI=1S/C18H19N5OS/c24-18(20-13-17-21-14-5-1-2-6-15(14)25-17)23-11-9-22(10-12-23)16-7-3-4-8-19-16/h1-8H,9-13H2,(H,20,24). The van der Waals surface area contributed by atoms with E-state index in [0.717, 1.165) is 34.1 Å².